The van der Waals surface area contributed by atoms with Crippen molar-refractivity contribution in [1.82, 2.24) is 10.3 Å². The summed E-state index contributed by atoms with van der Waals surface area (Å²) < 4.78 is 0. The lowest BCUT2D eigenvalue weighted by Crippen LogP contribution is -2.33. The van der Waals surface area contributed by atoms with Gasteiger partial charge in [-0.05, 0) is 55.7 Å². The molecule has 2 heteroatoms. The zero-order valence-electron chi connectivity index (χ0n) is 13.4. The normalized spacial score (nSPS) is 24.6. The molecule has 1 N–H and O–H groups in total. The molecule has 1 aliphatic rings. The van der Waals surface area contributed by atoms with Crippen LogP contribution in [0.3, 0.4) is 0 Å². The fraction of sp³-hybridized carbons (Fsp3) is 0.722. The summed E-state index contributed by atoms with van der Waals surface area (Å²) in [5.41, 5.74) is 2.72. The van der Waals surface area contributed by atoms with Crippen molar-refractivity contribution in [3.63, 3.8) is 0 Å². The van der Waals surface area contributed by atoms with Gasteiger partial charge in [-0.3, -0.25) is 4.98 Å². The number of rotatable bonds is 6. The Kier molecular flexibility index (Phi) is 6.03. The second kappa shape index (κ2) is 7.78. The zero-order chi connectivity index (χ0) is 14.4. The lowest BCUT2D eigenvalue weighted by atomic mass is 9.77. The van der Waals surface area contributed by atoms with E-state index < -0.39 is 0 Å². The van der Waals surface area contributed by atoms with E-state index in [-0.39, 0.29) is 0 Å². The van der Waals surface area contributed by atoms with E-state index >= 15 is 0 Å². The van der Waals surface area contributed by atoms with Crippen LogP contribution in [0.2, 0.25) is 0 Å². The Bertz CT molecular complexity index is 402. The van der Waals surface area contributed by atoms with Gasteiger partial charge in [0.2, 0.25) is 0 Å². The van der Waals surface area contributed by atoms with E-state index in [2.05, 4.69) is 38.2 Å². The van der Waals surface area contributed by atoms with Crippen molar-refractivity contribution in [2.24, 2.45) is 11.8 Å². The predicted octanol–water partition coefficient (Wildman–Crippen LogP) is 4.51. The molecule has 20 heavy (non-hydrogen) atoms. The monoisotopic (exact) mass is 274 g/mol. The quantitative estimate of drug-likeness (QED) is 0.825. The van der Waals surface area contributed by atoms with E-state index in [1.54, 1.807) is 0 Å². The van der Waals surface area contributed by atoms with E-state index in [0.29, 0.717) is 6.04 Å². The molecule has 1 fully saturated rings. The van der Waals surface area contributed by atoms with Crippen LogP contribution in [0.15, 0.2) is 18.3 Å². The van der Waals surface area contributed by atoms with Gasteiger partial charge < -0.3 is 5.32 Å². The molecule has 0 aliphatic heterocycles. The lowest BCUT2D eigenvalue weighted by molar-refractivity contribution is 0.220. The highest BCUT2D eigenvalue weighted by Crippen LogP contribution is 2.37. The number of hydrogen-bond donors (Lipinski definition) is 1. The molecule has 0 radical (unpaired) electrons. The topological polar surface area (TPSA) is 24.9 Å². The highest BCUT2D eigenvalue weighted by molar-refractivity contribution is 5.23. The van der Waals surface area contributed by atoms with Crippen molar-refractivity contribution in [2.45, 2.75) is 65.3 Å². The van der Waals surface area contributed by atoms with Gasteiger partial charge >= 0.3 is 0 Å². The van der Waals surface area contributed by atoms with Crippen LogP contribution in [0, 0.1) is 11.8 Å². The van der Waals surface area contributed by atoms with E-state index in [1.807, 2.05) is 6.20 Å². The minimum Gasteiger partial charge on any atom is -0.308 e. The second-order valence-electron chi connectivity index (χ2n) is 6.36. The van der Waals surface area contributed by atoms with Crippen LogP contribution in [0.4, 0.5) is 0 Å². The fourth-order valence-corrected chi connectivity index (χ4v) is 3.60. The minimum atomic E-state index is 0.453. The molecule has 3 atom stereocenters. The van der Waals surface area contributed by atoms with E-state index in [9.17, 15) is 0 Å². The standard InChI is InChI=1S/C18H30N2/c1-4-11-19-18(16-9-6-8-14(3)13-16)17-15(5-2)10-7-12-20-17/h7,10,12,14,16,18-19H,4-6,8-9,11,13H2,1-3H3. The Morgan fingerprint density at radius 3 is 2.90 bits per heavy atom. The van der Waals surface area contributed by atoms with Crippen molar-refractivity contribution >= 4 is 0 Å². The predicted molar refractivity (Wildman–Crippen MR) is 85.8 cm³/mol. The molecule has 112 valence electrons. The molecule has 1 aliphatic carbocycles. The number of aromatic nitrogens is 1. The number of pyridine rings is 1. The van der Waals surface area contributed by atoms with Crippen molar-refractivity contribution in [2.75, 3.05) is 6.54 Å². The summed E-state index contributed by atoms with van der Waals surface area (Å²) in [4.78, 5) is 4.74. The molecule has 2 nitrogen and oxygen atoms in total. The molecular formula is C18H30N2. The first-order valence-corrected chi connectivity index (χ1v) is 8.43. The summed E-state index contributed by atoms with van der Waals surface area (Å²) in [6, 6.07) is 4.77. The average Bonchev–Trinajstić information content (AvgIpc) is 2.48. The summed E-state index contributed by atoms with van der Waals surface area (Å²) in [7, 11) is 0. The maximum absolute atomic E-state index is 4.74. The largest absolute Gasteiger partial charge is 0.308 e. The van der Waals surface area contributed by atoms with Gasteiger partial charge in [-0.15, -0.1) is 0 Å². The summed E-state index contributed by atoms with van der Waals surface area (Å²) in [6.45, 7) is 7.98. The van der Waals surface area contributed by atoms with Crippen LogP contribution in [-0.2, 0) is 6.42 Å². The van der Waals surface area contributed by atoms with Gasteiger partial charge in [-0.1, -0.05) is 39.7 Å². The van der Waals surface area contributed by atoms with Gasteiger partial charge in [0.05, 0.1) is 11.7 Å². The Morgan fingerprint density at radius 1 is 1.35 bits per heavy atom. The Balaban J connectivity index is 2.21. The minimum absolute atomic E-state index is 0.453. The van der Waals surface area contributed by atoms with Gasteiger partial charge in [0.25, 0.3) is 0 Å². The van der Waals surface area contributed by atoms with E-state index in [4.69, 9.17) is 4.98 Å². The van der Waals surface area contributed by atoms with Crippen molar-refractivity contribution in [3.8, 4) is 0 Å². The number of hydrogen-bond acceptors (Lipinski definition) is 2. The molecule has 1 aromatic rings. The first-order valence-electron chi connectivity index (χ1n) is 8.43. The SMILES string of the molecule is CCCNC(c1ncccc1CC)C1CCCC(C)C1. The summed E-state index contributed by atoms with van der Waals surface area (Å²) in [5.74, 6) is 1.62. The molecule has 2 rings (SSSR count). The van der Waals surface area contributed by atoms with Crippen molar-refractivity contribution < 1.29 is 0 Å². The molecule has 1 heterocycles. The first-order chi connectivity index (χ1) is 9.76. The van der Waals surface area contributed by atoms with Crippen LogP contribution < -0.4 is 5.32 Å². The average molecular weight is 274 g/mol. The molecule has 0 bridgehead atoms. The Hall–Kier alpha value is -0.890. The smallest absolute Gasteiger partial charge is 0.0607 e. The summed E-state index contributed by atoms with van der Waals surface area (Å²) >= 11 is 0. The molecule has 0 aromatic carbocycles. The molecule has 0 saturated heterocycles. The second-order valence-corrected chi connectivity index (χ2v) is 6.36. The Morgan fingerprint density at radius 2 is 2.20 bits per heavy atom. The molecule has 1 saturated carbocycles. The van der Waals surface area contributed by atoms with Gasteiger partial charge in [-0.2, -0.15) is 0 Å². The molecular weight excluding hydrogens is 244 g/mol. The summed E-state index contributed by atoms with van der Waals surface area (Å²) in [5, 5.41) is 3.79. The molecule has 0 spiro atoms. The number of nitrogens with zero attached hydrogens (tertiary/aromatic N) is 1. The van der Waals surface area contributed by atoms with Crippen molar-refractivity contribution in [1.29, 1.82) is 0 Å². The third kappa shape index (κ3) is 3.82. The van der Waals surface area contributed by atoms with Crippen LogP contribution in [0.25, 0.3) is 0 Å². The number of nitrogens with one attached hydrogen (secondary N) is 1. The highest BCUT2D eigenvalue weighted by atomic mass is 14.9. The number of aryl methyl sites for hydroxylation is 1. The van der Waals surface area contributed by atoms with Crippen LogP contribution in [-0.4, -0.2) is 11.5 Å². The molecule has 3 unspecified atom stereocenters. The van der Waals surface area contributed by atoms with Gasteiger partial charge in [0, 0.05) is 6.20 Å². The summed E-state index contributed by atoms with van der Waals surface area (Å²) in [6.07, 6.45) is 9.71. The van der Waals surface area contributed by atoms with E-state index in [1.165, 1.54) is 43.4 Å². The van der Waals surface area contributed by atoms with Crippen LogP contribution >= 0.6 is 0 Å². The molecule has 1 aromatic heterocycles. The first kappa shape index (κ1) is 15.5. The Labute approximate surface area is 124 Å². The van der Waals surface area contributed by atoms with E-state index in [0.717, 1.165) is 24.8 Å². The van der Waals surface area contributed by atoms with Crippen LogP contribution in [0.5, 0.6) is 0 Å². The van der Waals surface area contributed by atoms with Gasteiger partial charge in [0.1, 0.15) is 0 Å². The van der Waals surface area contributed by atoms with Gasteiger partial charge in [-0.25, -0.2) is 0 Å². The third-order valence-electron chi connectivity index (χ3n) is 4.66. The zero-order valence-corrected chi connectivity index (χ0v) is 13.4. The lowest BCUT2D eigenvalue weighted by Gasteiger charge is -2.34. The van der Waals surface area contributed by atoms with Crippen LogP contribution in [0.1, 0.15) is 70.2 Å². The van der Waals surface area contributed by atoms with Gasteiger partial charge in [0.15, 0.2) is 0 Å². The molecule has 0 amide bonds. The fourth-order valence-electron chi connectivity index (χ4n) is 3.60. The van der Waals surface area contributed by atoms with Crippen molar-refractivity contribution in [3.05, 3.63) is 29.6 Å². The highest BCUT2D eigenvalue weighted by Gasteiger charge is 2.29. The maximum atomic E-state index is 4.74. The maximum Gasteiger partial charge on any atom is 0.0607 e. The third-order valence-corrected chi connectivity index (χ3v) is 4.66.